The zero-order valence-corrected chi connectivity index (χ0v) is 20.0. The predicted molar refractivity (Wildman–Crippen MR) is 132 cm³/mol. The summed E-state index contributed by atoms with van der Waals surface area (Å²) in [6.45, 7) is 3.14. The molecule has 0 saturated heterocycles. The summed E-state index contributed by atoms with van der Waals surface area (Å²) in [6, 6.07) is 14.9. The lowest BCUT2D eigenvalue weighted by Crippen LogP contribution is -2.04. The standard InChI is InChI=1S/C23H25ClN2O4S2/c1-2-30-32(27,28)16-13-18-9-11-19(12-10-18)29-15-6-5-14-25-23-26-22(17-31-23)20-7-3-4-8-21(20)24/h3-4,7-13,16-17H,2,5-6,14-15H2,1H3,(H,25,26)/b16-13+. The minimum atomic E-state index is -3.63. The van der Waals surface area contributed by atoms with Crippen molar-refractivity contribution in [1.29, 1.82) is 0 Å². The summed E-state index contributed by atoms with van der Waals surface area (Å²) >= 11 is 7.79. The molecule has 0 saturated carbocycles. The van der Waals surface area contributed by atoms with Gasteiger partial charge in [0.1, 0.15) is 5.75 Å². The molecule has 2 aromatic carbocycles. The number of thiazole rings is 1. The van der Waals surface area contributed by atoms with E-state index in [9.17, 15) is 8.42 Å². The fourth-order valence-electron chi connectivity index (χ4n) is 2.80. The van der Waals surface area contributed by atoms with Crippen LogP contribution in [0, 0.1) is 0 Å². The zero-order chi connectivity index (χ0) is 22.8. The third-order valence-electron chi connectivity index (χ3n) is 4.36. The molecule has 1 aromatic heterocycles. The number of hydrogen-bond donors (Lipinski definition) is 1. The fraction of sp³-hybridized carbons (Fsp3) is 0.261. The summed E-state index contributed by atoms with van der Waals surface area (Å²) in [6.07, 6.45) is 3.33. The Hall–Kier alpha value is -2.39. The van der Waals surface area contributed by atoms with Crippen molar-refractivity contribution >= 4 is 44.3 Å². The molecule has 3 rings (SSSR count). The van der Waals surface area contributed by atoms with Gasteiger partial charge in [0.15, 0.2) is 5.13 Å². The molecular formula is C23H25ClN2O4S2. The van der Waals surface area contributed by atoms with Gasteiger partial charge in [0, 0.05) is 22.5 Å². The van der Waals surface area contributed by atoms with Gasteiger partial charge in [0.25, 0.3) is 10.1 Å². The van der Waals surface area contributed by atoms with Crippen LogP contribution in [-0.2, 0) is 14.3 Å². The third kappa shape index (κ3) is 7.63. The third-order valence-corrected chi connectivity index (χ3v) is 6.52. The Morgan fingerprint density at radius 1 is 1.12 bits per heavy atom. The SMILES string of the molecule is CCOS(=O)(=O)/C=C/c1ccc(OCCCCNc2nc(-c3ccccc3Cl)cs2)cc1. The van der Waals surface area contributed by atoms with Gasteiger partial charge in [-0.05, 0) is 49.6 Å². The lowest BCUT2D eigenvalue weighted by molar-refractivity contribution is 0.308. The van der Waals surface area contributed by atoms with Gasteiger partial charge < -0.3 is 10.1 Å². The highest BCUT2D eigenvalue weighted by Crippen LogP contribution is 2.30. The zero-order valence-electron chi connectivity index (χ0n) is 17.7. The van der Waals surface area contributed by atoms with E-state index in [1.165, 1.54) is 6.08 Å². The summed E-state index contributed by atoms with van der Waals surface area (Å²) in [5, 5.41) is 7.96. The molecule has 3 aromatic rings. The van der Waals surface area contributed by atoms with Gasteiger partial charge >= 0.3 is 0 Å². The molecule has 1 N–H and O–H groups in total. The van der Waals surface area contributed by atoms with Crippen LogP contribution in [0.4, 0.5) is 5.13 Å². The average Bonchev–Trinajstić information content (AvgIpc) is 3.24. The molecule has 9 heteroatoms. The van der Waals surface area contributed by atoms with Crippen LogP contribution in [0.2, 0.25) is 5.02 Å². The molecule has 0 aliphatic heterocycles. The summed E-state index contributed by atoms with van der Waals surface area (Å²) in [4.78, 5) is 4.60. The van der Waals surface area contributed by atoms with Crippen LogP contribution in [0.5, 0.6) is 5.75 Å². The maximum atomic E-state index is 11.5. The molecule has 6 nitrogen and oxygen atoms in total. The van der Waals surface area contributed by atoms with Crippen molar-refractivity contribution in [2.45, 2.75) is 19.8 Å². The second-order valence-corrected chi connectivity index (χ2v) is 9.53. The van der Waals surface area contributed by atoms with Crippen LogP contribution in [0.15, 0.2) is 59.3 Å². The number of ether oxygens (including phenoxy) is 1. The summed E-state index contributed by atoms with van der Waals surface area (Å²) in [5.41, 5.74) is 2.56. The van der Waals surface area contributed by atoms with Crippen molar-refractivity contribution in [3.8, 4) is 17.0 Å². The number of rotatable bonds is 12. The summed E-state index contributed by atoms with van der Waals surface area (Å²) < 4.78 is 33.5. The molecule has 0 unspecified atom stereocenters. The van der Waals surface area contributed by atoms with Crippen molar-refractivity contribution in [3.05, 3.63) is 69.9 Å². The first-order chi connectivity index (χ1) is 15.5. The van der Waals surface area contributed by atoms with E-state index in [4.69, 9.17) is 16.3 Å². The number of halogens is 1. The first-order valence-electron chi connectivity index (χ1n) is 10.2. The first-order valence-corrected chi connectivity index (χ1v) is 12.9. The number of nitrogens with zero attached hydrogens (tertiary/aromatic N) is 1. The topological polar surface area (TPSA) is 77.5 Å². The van der Waals surface area contributed by atoms with Crippen molar-refractivity contribution in [1.82, 2.24) is 4.98 Å². The van der Waals surface area contributed by atoms with Gasteiger partial charge in [-0.2, -0.15) is 8.42 Å². The average molecular weight is 493 g/mol. The lowest BCUT2D eigenvalue weighted by atomic mass is 10.2. The maximum Gasteiger partial charge on any atom is 0.290 e. The monoisotopic (exact) mass is 492 g/mol. The molecule has 0 atom stereocenters. The van der Waals surface area contributed by atoms with Crippen LogP contribution in [0.25, 0.3) is 17.3 Å². The highest BCUT2D eigenvalue weighted by Gasteiger charge is 2.07. The Morgan fingerprint density at radius 2 is 1.91 bits per heavy atom. The van der Waals surface area contributed by atoms with E-state index in [0.29, 0.717) is 11.6 Å². The molecular weight excluding hydrogens is 468 g/mol. The van der Waals surface area contributed by atoms with E-state index < -0.39 is 10.1 Å². The highest BCUT2D eigenvalue weighted by molar-refractivity contribution is 7.89. The van der Waals surface area contributed by atoms with Gasteiger partial charge in [-0.3, -0.25) is 4.18 Å². The molecule has 0 bridgehead atoms. The van der Waals surface area contributed by atoms with Crippen LogP contribution in [0.1, 0.15) is 25.3 Å². The number of benzene rings is 2. The molecule has 0 aliphatic rings. The molecule has 1 heterocycles. The molecule has 170 valence electrons. The predicted octanol–water partition coefficient (Wildman–Crippen LogP) is 6.07. The van der Waals surface area contributed by atoms with Gasteiger partial charge in [0.2, 0.25) is 0 Å². The van der Waals surface area contributed by atoms with Crippen LogP contribution < -0.4 is 10.1 Å². The number of unbranched alkanes of at least 4 members (excludes halogenated alkanes) is 1. The second kappa shape index (κ2) is 12.0. The molecule has 0 fully saturated rings. The number of anilines is 1. The Kier molecular flexibility index (Phi) is 9.11. The molecule has 32 heavy (non-hydrogen) atoms. The van der Waals surface area contributed by atoms with Gasteiger partial charge in [-0.25, -0.2) is 4.98 Å². The van der Waals surface area contributed by atoms with Crippen LogP contribution in [-0.4, -0.2) is 33.2 Å². The Morgan fingerprint density at radius 3 is 2.66 bits per heavy atom. The smallest absolute Gasteiger partial charge is 0.290 e. The van der Waals surface area contributed by atoms with E-state index in [1.807, 2.05) is 41.8 Å². The minimum absolute atomic E-state index is 0.113. The fourth-order valence-corrected chi connectivity index (χ4v) is 4.50. The molecule has 0 radical (unpaired) electrons. The van der Waals surface area contributed by atoms with Crippen molar-refractivity contribution in [3.63, 3.8) is 0 Å². The van der Waals surface area contributed by atoms with Crippen molar-refractivity contribution in [2.24, 2.45) is 0 Å². The summed E-state index contributed by atoms with van der Waals surface area (Å²) in [5.74, 6) is 0.743. The quantitative estimate of drug-likeness (QED) is 0.244. The Labute approximate surface area is 198 Å². The van der Waals surface area contributed by atoms with Gasteiger partial charge in [-0.1, -0.05) is 41.9 Å². The second-order valence-electron chi connectivity index (χ2n) is 6.77. The van der Waals surface area contributed by atoms with Gasteiger partial charge in [-0.15, -0.1) is 11.3 Å². The Balaban J connectivity index is 1.36. The maximum absolute atomic E-state index is 11.5. The Bertz CT molecular complexity index is 1130. The highest BCUT2D eigenvalue weighted by atomic mass is 35.5. The number of nitrogens with one attached hydrogen (secondary N) is 1. The lowest BCUT2D eigenvalue weighted by Gasteiger charge is -2.07. The largest absolute Gasteiger partial charge is 0.494 e. The molecule has 0 spiro atoms. The van der Waals surface area contributed by atoms with E-state index in [0.717, 1.165) is 52.5 Å². The van der Waals surface area contributed by atoms with E-state index in [-0.39, 0.29) is 6.61 Å². The van der Waals surface area contributed by atoms with Crippen LogP contribution >= 0.6 is 22.9 Å². The van der Waals surface area contributed by atoms with Crippen molar-refractivity contribution in [2.75, 3.05) is 25.1 Å². The van der Waals surface area contributed by atoms with Crippen molar-refractivity contribution < 1.29 is 17.3 Å². The normalized spacial score (nSPS) is 11.7. The van der Waals surface area contributed by atoms with Gasteiger partial charge in [0.05, 0.1) is 24.3 Å². The first kappa shape index (κ1) is 24.3. The van der Waals surface area contributed by atoms with E-state index in [1.54, 1.807) is 30.4 Å². The minimum Gasteiger partial charge on any atom is -0.494 e. The number of hydrogen-bond acceptors (Lipinski definition) is 7. The number of aromatic nitrogens is 1. The molecule has 0 amide bonds. The van der Waals surface area contributed by atoms with Crippen LogP contribution in [0.3, 0.4) is 0 Å². The summed E-state index contributed by atoms with van der Waals surface area (Å²) in [7, 11) is -3.63. The van der Waals surface area contributed by atoms with E-state index in [2.05, 4.69) is 14.5 Å². The van der Waals surface area contributed by atoms with E-state index >= 15 is 0 Å². The molecule has 0 aliphatic carbocycles.